The molecule has 1 nitrogen and oxygen atoms in total. The zero-order valence-electron chi connectivity index (χ0n) is 4.61. The first kappa shape index (κ1) is 9.54. The molecule has 0 radical (unpaired) electrons. The maximum absolute atomic E-state index is 5.76. The summed E-state index contributed by atoms with van der Waals surface area (Å²) >= 11 is 11.4. The third-order valence-electron chi connectivity index (χ3n) is 1.37. The van der Waals surface area contributed by atoms with Crippen LogP contribution >= 0.6 is 23.4 Å². The highest BCUT2D eigenvalue weighted by atomic mass is 35.5. The number of rotatable bonds is 0. The zero-order valence-corrected chi connectivity index (χ0v) is 6.12. The summed E-state index contributed by atoms with van der Waals surface area (Å²) in [5, 5.41) is 0. The van der Waals surface area contributed by atoms with Gasteiger partial charge in [0.2, 0.25) is 0 Å². The summed E-state index contributed by atoms with van der Waals surface area (Å²) < 4.78 is 1.67. The van der Waals surface area contributed by atoms with Crippen LogP contribution in [0.2, 0.25) is 0 Å². The average molecular weight is 170 g/mol. The molecule has 56 valence electrons. The second-order valence-corrected chi connectivity index (χ2v) is 2.99. The smallest absolute Gasteiger partial charge is 0.0989 e. The Kier molecular flexibility index (Phi) is 4.63. The van der Waals surface area contributed by atoms with Crippen LogP contribution in [-0.4, -0.2) is 16.5 Å². The molecule has 9 heavy (non-hydrogen) atoms. The lowest BCUT2D eigenvalue weighted by atomic mass is 10.2. The standard InChI is InChI=1S/C5H9Cl2N.CH4/c6-5-3-1-2-4-8(5)7;/h5H,1-4H2;1H4. The average Bonchev–Trinajstić information content (AvgIpc) is 1.77. The number of alkyl halides is 1. The Hall–Kier alpha value is 0.540. The number of hydrogen-bond acceptors (Lipinski definition) is 1. The molecule has 1 aliphatic heterocycles. The van der Waals surface area contributed by atoms with Crippen molar-refractivity contribution in [3.8, 4) is 0 Å². The topological polar surface area (TPSA) is 3.24 Å². The molecule has 1 heterocycles. The minimum atomic E-state index is 0. The van der Waals surface area contributed by atoms with Gasteiger partial charge in [0.05, 0.1) is 5.50 Å². The van der Waals surface area contributed by atoms with Crippen LogP contribution in [0.25, 0.3) is 0 Å². The molecule has 0 saturated carbocycles. The van der Waals surface area contributed by atoms with Crippen molar-refractivity contribution in [2.24, 2.45) is 0 Å². The van der Waals surface area contributed by atoms with Crippen LogP contribution in [0.3, 0.4) is 0 Å². The predicted octanol–water partition coefficient (Wildman–Crippen LogP) is 2.83. The quantitative estimate of drug-likeness (QED) is 0.307. The molecule has 0 bridgehead atoms. The molecule has 3 heteroatoms. The van der Waals surface area contributed by atoms with Gasteiger partial charge < -0.3 is 0 Å². The molecule has 1 saturated heterocycles. The first-order valence-corrected chi connectivity index (χ1v) is 3.64. The van der Waals surface area contributed by atoms with Gasteiger partial charge in [-0.3, -0.25) is 0 Å². The molecule has 0 spiro atoms. The van der Waals surface area contributed by atoms with Gasteiger partial charge >= 0.3 is 0 Å². The normalized spacial score (nSPS) is 29.3. The zero-order chi connectivity index (χ0) is 5.98. The second kappa shape index (κ2) is 4.37. The summed E-state index contributed by atoms with van der Waals surface area (Å²) in [6, 6.07) is 0. The van der Waals surface area contributed by atoms with Gasteiger partial charge in [-0.05, 0) is 31.0 Å². The van der Waals surface area contributed by atoms with Gasteiger partial charge in [-0.25, -0.2) is 4.42 Å². The Morgan fingerprint density at radius 1 is 1.33 bits per heavy atom. The van der Waals surface area contributed by atoms with E-state index >= 15 is 0 Å². The van der Waals surface area contributed by atoms with Gasteiger partial charge in [0.15, 0.2) is 0 Å². The van der Waals surface area contributed by atoms with E-state index in [2.05, 4.69) is 0 Å². The Bertz CT molecular complexity index is 67.5. The van der Waals surface area contributed by atoms with Crippen molar-refractivity contribution in [3.05, 3.63) is 0 Å². The molecule has 0 aromatic carbocycles. The third-order valence-corrected chi connectivity index (χ3v) is 2.33. The maximum Gasteiger partial charge on any atom is 0.0989 e. The summed E-state index contributed by atoms with van der Waals surface area (Å²) in [6.07, 6.45) is 3.44. The van der Waals surface area contributed by atoms with Crippen LogP contribution < -0.4 is 0 Å². The second-order valence-electron chi connectivity index (χ2n) is 2.05. The van der Waals surface area contributed by atoms with E-state index in [1.165, 1.54) is 12.8 Å². The van der Waals surface area contributed by atoms with Crippen molar-refractivity contribution in [3.63, 3.8) is 0 Å². The molecule has 0 aromatic heterocycles. The van der Waals surface area contributed by atoms with Crippen molar-refractivity contribution in [1.82, 2.24) is 4.42 Å². The highest BCUT2D eigenvalue weighted by Gasteiger charge is 2.16. The van der Waals surface area contributed by atoms with Crippen LogP contribution in [-0.2, 0) is 0 Å². The van der Waals surface area contributed by atoms with E-state index in [0.29, 0.717) is 0 Å². The van der Waals surface area contributed by atoms with Crippen LogP contribution in [0, 0.1) is 0 Å². The highest BCUT2D eigenvalue weighted by molar-refractivity contribution is 6.25. The van der Waals surface area contributed by atoms with Crippen LogP contribution in [0.5, 0.6) is 0 Å². The maximum atomic E-state index is 5.76. The molecule has 0 amide bonds. The van der Waals surface area contributed by atoms with E-state index in [9.17, 15) is 0 Å². The van der Waals surface area contributed by atoms with E-state index in [-0.39, 0.29) is 12.9 Å². The molecule has 1 unspecified atom stereocenters. The minimum absolute atomic E-state index is 0. The van der Waals surface area contributed by atoms with E-state index in [1.54, 1.807) is 4.42 Å². The van der Waals surface area contributed by atoms with Crippen LogP contribution in [0.1, 0.15) is 26.7 Å². The Morgan fingerprint density at radius 2 is 2.00 bits per heavy atom. The fourth-order valence-corrected chi connectivity index (χ4v) is 1.32. The number of halogens is 2. The third kappa shape index (κ3) is 2.74. The van der Waals surface area contributed by atoms with Gasteiger partial charge in [-0.1, -0.05) is 7.43 Å². The number of nitrogens with zero attached hydrogens (tertiary/aromatic N) is 1. The van der Waals surface area contributed by atoms with Crippen LogP contribution in [0.15, 0.2) is 0 Å². The van der Waals surface area contributed by atoms with Crippen molar-refractivity contribution in [2.45, 2.75) is 32.2 Å². The van der Waals surface area contributed by atoms with Crippen molar-refractivity contribution in [1.29, 1.82) is 0 Å². The van der Waals surface area contributed by atoms with E-state index in [4.69, 9.17) is 23.4 Å². The largest absolute Gasteiger partial charge is 0.202 e. The summed E-state index contributed by atoms with van der Waals surface area (Å²) in [6.45, 7) is 0.940. The Balaban J connectivity index is 0.000000640. The monoisotopic (exact) mass is 169 g/mol. The van der Waals surface area contributed by atoms with E-state index < -0.39 is 0 Å². The van der Waals surface area contributed by atoms with E-state index in [1.807, 2.05) is 0 Å². The minimum Gasteiger partial charge on any atom is -0.202 e. The fraction of sp³-hybridized carbons (Fsp3) is 1.00. The summed E-state index contributed by atoms with van der Waals surface area (Å²) in [5.41, 5.74) is 0.0745. The first-order chi connectivity index (χ1) is 3.80. The highest BCUT2D eigenvalue weighted by Crippen LogP contribution is 2.20. The SMILES string of the molecule is C.ClC1CCCCN1Cl. The molecular formula is C6H13Cl2N. The first-order valence-electron chi connectivity index (χ1n) is 2.87. The molecule has 1 fully saturated rings. The molecule has 1 aliphatic rings. The number of piperidine rings is 1. The summed E-state index contributed by atoms with van der Waals surface area (Å²) in [7, 11) is 0. The summed E-state index contributed by atoms with van der Waals surface area (Å²) in [4.78, 5) is 0. The molecule has 0 N–H and O–H groups in total. The van der Waals surface area contributed by atoms with E-state index in [0.717, 1.165) is 13.0 Å². The Morgan fingerprint density at radius 3 is 2.33 bits per heavy atom. The van der Waals surface area contributed by atoms with Crippen molar-refractivity contribution in [2.75, 3.05) is 6.54 Å². The molecule has 1 rings (SSSR count). The van der Waals surface area contributed by atoms with Crippen molar-refractivity contribution < 1.29 is 0 Å². The van der Waals surface area contributed by atoms with Crippen molar-refractivity contribution >= 4 is 23.4 Å². The predicted molar refractivity (Wildman–Crippen MR) is 42.8 cm³/mol. The summed E-state index contributed by atoms with van der Waals surface area (Å²) in [5.74, 6) is 0. The van der Waals surface area contributed by atoms with Gasteiger partial charge in [0.1, 0.15) is 0 Å². The molecular weight excluding hydrogens is 157 g/mol. The number of hydrogen-bond donors (Lipinski definition) is 0. The lowest BCUT2D eigenvalue weighted by molar-refractivity contribution is 0.335. The van der Waals surface area contributed by atoms with Gasteiger partial charge in [-0.15, -0.1) is 11.6 Å². The fourth-order valence-electron chi connectivity index (χ4n) is 0.856. The molecule has 0 aromatic rings. The van der Waals surface area contributed by atoms with Gasteiger partial charge in [-0.2, -0.15) is 0 Å². The van der Waals surface area contributed by atoms with Crippen LogP contribution in [0.4, 0.5) is 0 Å². The molecule has 1 atom stereocenters. The lowest BCUT2D eigenvalue weighted by Gasteiger charge is -2.24. The Labute approximate surface area is 67.0 Å². The lowest BCUT2D eigenvalue weighted by Crippen LogP contribution is -2.27. The van der Waals surface area contributed by atoms with Gasteiger partial charge in [0, 0.05) is 6.54 Å². The molecule has 0 aliphatic carbocycles. The van der Waals surface area contributed by atoms with Gasteiger partial charge in [0.25, 0.3) is 0 Å².